The van der Waals surface area contributed by atoms with Crippen molar-refractivity contribution in [2.24, 2.45) is 0 Å². The largest absolute Gasteiger partial charge is 0.451 e. The number of benzene rings is 3. The maximum absolute atomic E-state index is 14.0. The molecular formula is C36H35N5O3. The molecule has 2 fully saturated rings. The first kappa shape index (κ1) is 27.0. The zero-order valence-corrected chi connectivity index (χ0v) is 24.9. The number of ether oxygens (including phenoxy) is 1. The van der Waals surface area contributed by atoms with Gasteiger partial charge in [0, 0.05) is 56.3 Å². The van der Waals surface area contributed by atoms with Gasteiger partial charge in [0.2, 0.25) is 0 Å². The monoisotopic (exact) mass is 585 g/mol. The number of nitrogens with zero attached hydrogens (tertiary/aromatic N) is 5. The number of hydrogen-bond acceptors (Lipinski definition) is 7. The van der Waals surface area contributed by atoms with Crippen LogP contribution < -0.4 is 15.1 Å². The fourth-order valence-electron chi connectivity index (χ4n) is 7.42. The Bertz CT molecular complexity index is 1970. The first-order chi connectivity index (χ1) is 21.5. The van der Waals surface area contributed by atoms with E-state index >= 15 is 0 Å². The van der Waals surface area contributed by atoms with E-state index < -0.39 is 0 Å². The highest BCUT2D eigenvalue weighted by atomic mass is 16.5. The lowest BCUT2D eigenvalue weighted by Crippen LogP contribution is -2.25. The molecular weight excluding hydrogens is 550 g/mol. The number of aromatic nitrogens is 3. The third-order valence-corrected chi connectivity index (χ3v) is 9.84. The number of rotatable bonds is 7. The van der Waals surface area contributed by atoms with E-state index in [0.717, 1.165) is 66.7 Å². The van der Waals surface area contributed by atoms with Gasteiger partial charge in [0.15, 0.2) is 22.7 Å². The molecule has 222 valence electrons. The quantitative estimate of drug-likeness (QED) is 0.198. The van der Waals surface area contributed by atoms with Gasteiger partial charge >= 0.3 is 0 Å². The Morgan fingerprint density at radius 2 is 1.89 bits per heavy atom. The van der Waals surface area contributed by atoms with Gasteiger partial charge in [-0.25, -0.2) is 0 Å². The zero-order valence-electron chi connectivity index (χ0n) is 24.9. The summed E-state index contributed by atoms with van der Waals surface area (Å²) in [6.07, 6.45) is 12.5. The first-order valence-electron chi connectivity index (χ1n) is 15.7. The molecule has 3 aromatic carbocycles. The molecule has 0 N–H and O–H groups in total. The summed E-state index contributed by atoms with van der Waals surface area (Å²) in [6.45, 7) is 2.74. The molecule has 5 heterocycles. The van der Waals surface area contributed by atoms with Crippen LogP contribution in [-0.4, -0.2) is 57.9 Å². The SMILES string of the molecule is CN1CCC[C@H]1CCCC(=O)c1cn2c3c(c(N4CCC(c5cnccn5)C4)ccc3c1=O)Oc1cc3ccccc3cc1-2. The molecule has 0 bridgehead atoms. The normalized spacial score (nSPS) is 19.4. The van der Waals surface area contributed by atoms with Crippen molar-refractivity contribution in [1.82, 2.24) is 19.4 Å². The maximum atomic E-state index is 14.0. The standard InChI is InChI=1S/C36H35N5O3/c1-39-16-5-9-26(39)8-4-10-32(42)28-22-41-31-18-23-6-2-3-7-24(23)19-33(31)44-36-30(12-11-27(34(36)41)35(28)43)40-17-13-25(21-40)29-20-37-14-15-38-29/h2-3,6-7,11-12,14-15,18-20,22,25-26H,4-5,8-10,13,16-17,21H2,1H3/t25?,26-/m1/s1. The van der Waals surface area contributed by atoms with Gasteiger partial charge < -0.3 is 19.1 Å². The Hall–Kier alpha value is -4.56. The first-order valence-corrected chi connectivity index (χ1v) is 15.7. The molecule has 8 rings (SSSR count). The van der Waals surface area contributed by atoms with Crippen molar-refractivity contribution in [2.45, 2.75) is 50.5 Å². The predicted molar refractivity (Wildman–Crippen MR) is 173 cm³/mol. The van der Waals surface area contributed by atoms with Crippen LogP contribution in [0.4, 0.5) is 5.69 Å². The summed E-state index contributed by atoms with van der Waals surface area (Å²) in [7, 11) is 2.16. The smallest absolute Gasteiger partial charge is 0.200 e. The van der Waals surface area contributed by atoms with Crippen molar-refractivity contribution in [1.29, 1.82) is 0 Å². The van der Waals surface area contributed by atoms with Crippen LogP contribution in [0.2, 0.25) is 0 Å². The topological polar surface area (TPSA) is 80.6 Å². The third-order valence-electron chi connectivity index (χ3n) is 9.84. The minimum absolute atomic E-state index is 0.0906. The van der Waals surface area contributed by atoms with Gasteiger partial charge in [-0.1, -0.05) is 24.3 Å². The Balaban J connectivity index is 1.21. The fraction of sp³-hybridized carbons (Fsp3) is 0.333. The molecule has 3 aliphatic rings. The van der Waals surface area contributed by atoms with E-state index in [9.17, 15) is 9.59 Å². The van der Waals surface area contributed by atoms with Gasteiger partial charge in [-0.3, -0.25) is 19.6 Å². The summed E-state index contributed by atoms with van der Waals surface area (Å²) in [6, 6.07) is 16.7. The number of ketones is 1. The average Bonchev–Trinajstić information content (AvgIpc) is 3.71. The second-order valence-corrected chi connectivity index (χ2v) is 12.5. The molecule has 5 aromatic rings. The van der Waals surface area contributed by atoms with E-state index in [-0.39, 0.29) is 22.7 Å². The number of pyridine rings is 1. The lowest BCUT2D eigenvalue weighted by atomic mass is 9.99. The predicted octanol–water partition coefficient (Wildman–Crippen LogP) is 6.48. The van der Waals surface area contributed by atoms with Crippen LogP contribution in [0.15, 0.2) is 78.1 Å². The Kier molecular flexibility index (Phi) is 6.67. The zero-order chi connectivity index (χ0) is 29.8. The molecule has 2 aromatic heterocycles. The number of fused-ring (bicyclic) bond motifs is 3. The van der Waals surface area contributed by atoms with Crippen LogP contribution in [0.5, 0.6) is 11.5 Å². The van der Waals surface area contributed by atoms with Gasteiger partial charge in [-0.15, -0.1) is 0 Å². The van der Waals surface area contributed by atoms with Gasteiger partial charge in [0.25, 0.3) is 0 Å². The van der Waals surface area contributed by atoms with Gasteiger partial charge in [0.05, 0.1) is 28.0 Å². The summed E-state index contributed by atoms with van der Waals surface area (Å²) in [5, 5.41) is 2.65. The number of carbonyl (C=O) groups is 1. The minimum Gasteiger partial charge on any atom is -0.451 e. The maximum Gasteiger partial charge on any atom is 0.200 e. The van der Waals surface area contributed by atoms with E-state index in [1.165, 1.54) is 12.8 Å². The highest BCUT2D eigenvalue weighted by Gasteiger charge is 2.32. The summed E-state index contributed by atoms with van der Waals surface area (Å²) in [4.78, 5) is 41.1. The van der Waals surface area contributed by atoms with E-state index in [4.69, 9.17) is 4.74 Å². The number of hydrogen-bond donors (Lipinski definition) is 0. The van der Waals surface area contributed by atoms with Crippen molar-refractivity contribution < 1.29 is 9.53 Å². The van der Waals surface area contributed by atoms with Crippen molar-refractivity contribution >= 4 is 33.1 Å². The lowest BCUT2D eigenvalue weighted by molar-refractivity contribution is 0.0975. The van der Waals surface area contributed by atoms with Crippen LogP contribution in [0, 0.1) is 0 Å². The van der Waals surface area contributed by atoms with Crippen molar-refractivity contribution in [3.8, 4) is 17.2 Å². The Labute approximate surface area is 255 Å². The summed E-state index contributed by atoms with van der Waals surface area (Å²) >= 11 is 0. The number of anilines is 1. The van der Waals surface area contributed by atoms with Gasteiger partial charge in [-0.05, 0) is 80.7 Å². The molecule has 0 saturated carbocycles. The van der Waals surface area contributed by atoms with Crippen molar-refractivity contribution in [2.75, 3.05) is 31.6 Å². The fourth-order valence-corrected chi connectivity index (χ4v) is 7.42. The van der Waals surface area contributed by atoms with Crippen molar-refractivity contribution in [3.63, 3.8) is 0 Å². The summed E-state index contributed by atoms with van der Waals surface area (Å²) < 4.78 is 8.73. The second kappa shape index (κ2) is 10.9. The molecule has 44 heavy (non-hydrogen) atoms. The van der Waals surface area contributed by atoms with Crippen LogP contribution >= 0.6 is 0 Å². The molecule has 8 heteroatoms. The minimum atomic E-state index is -0.223. The Morgan fingerprint density at radius 3 is 2.68 bits per heavy atom. The summed E-state index contributed by atoms with van der Waals surface area (Å²) in [5.74, 6) is 1.54. The molecule has 2 atom stereocenters. The third kappa shape index (κ3) is 4.56. The molecule has 0 aliphatic carbocycles. The van der Waals surface area contributed by atoms with Crippen LogP contribution in [0.3, 0.4) is 0 Å². The van der Waals surface area contributed by atoms with Crippen LogP contribution in [0.25, 0.3) is 27.4 Å². The Morgan fingerprint density at radius 1 is 1.02 bits per heavy atom. The van der Waals surface area contributed by atoms with E-state index in [2.05, 4.69) is 51.1 Å². The molecule has 0 spiro atoms. The molecule has 1 unspecified atom stereocenters. The highest BCUT2D eigenvalue weighted by Crippen LogP contribution is 2.47. The summed E-state index contributed by atoms with van der Waals surface area (Å²) in [5.41, 5.74) is 3.50. The molecule has 0 amide bonds. The van der Waals surface area contributed by atoms with Gasteiger partial charge in [0.1, 0.15) is 5.52 Å². The number of carbonyl (C=O) groups excluding carboxylic acids is 1. The molecule has 3 aliphatic heterocycles. The molecule has 0 radical (unpaired) electrons. The average molecular weight is 586 g/mol. The lowest BCUT2D eigenvalue weighted by Gasteiger charge is -2.29. The van der Waals surface area contributed by atoms with Crippen LogP contribution in [0.1, 0.15) is 60.5 Å². The van der Waals surface area contributed by atoms with E-state index in [1.807, 2.05) is 35.0 Å². The number of Topliss-reactive ketones (excluding diaryl/α,β-unsaturated/α-hetero) is 1. The number of likely N-dealkylation sites (tertiary alicyclic amines) is 1. The van der Waals surface area contributed by atoms with E-state index in [0.29, 0.717) is 34.9 Å². The van der Waals surface area contributed by atoms with Crippen molar-refractivity contribution in [3.05, 3.63) is 94.8 Å². The van der Waals surface area contributed by atoms with Gasteiger partial charge in [-0.2, -0.15) is 0 Å². The molecule has 2 saturated heterocycles. The van der Waals surface area contributed by atoms with Crippen LogP contribution in [-0.2, 0) is 0 Å². The van der Waals surface area contributed by atoms with E-state index in [1.54, 1.807) is 18.6 Å². The molecule has 8 nitrogen and oxygen atoms in total. The second-order valence-electron chi connectivity index (χ2n) is 12.5. The highest BCUT2D eigenvalue weighted by molar-refractivity contribution is 6.02.